The first kappa shape index (κ1) is 6.76. The summed E-state index contributed by atoms with van der Waals surface area (Å²) in [6, 6.07) is 7.40. The minimum absolute atomic E-state index is 0.768. The van der Waals surface area contributed by atoms with Crippen molar-refractivity contribution in [2.75, 3.05) is 0 Å². The van der Waals surface area contributed by atoms with Gasteiger partial charge in [-0.15, -0.1) is 5.10 Å². The van der Waals surface area contributed by atoms with Gasteiger partial charge in [-0.05, 0) is 12.1 Å². The van der Waals surface area contributed by atoms with Gasteiger partial charge in [0.05, 0.1) is 5.52 Å². The lowest BCUT2D eigenvalue weighted by Gasteiger charge is -1.87. The molecule has 0 fully saturated rings. The lowest BCUT2D eigenvalue weighted by molar-refractivity contribution is 0.569. The van der Waals surface area contributed by atoms with Crippen LogP contribution in [0, 0.1) is 0 Å². The molecule has 4 heteroatoms. The molecule has 12 heavy (non-hydrogen) atoms. The minimum atomic E-state index is 0.768. The highest BCUT2D eigenvalue weighted by Gasteiger charge is 1.98. The Morgan fingerprint density at radius 3 is 3.08 bits per heavy atom. The summed E-state index contributed by atoms with van der Waals surface area (Å²) in [5.41, 5.74) is 1.57. The molecular formula is C8H5N3O. The van der Waals surface area contributed by atoms with Gasteiger partial charge in [-0.2, -0.15) is 0 Å². The van der Waals surface area contributed by atoms with Crippen LogP contribution in [0.1, 0.15) is 0 Å². The van der Waals surface area contributed by atoms with Crippen LogP contribution in [-0.4, -0.2) is 20.9 Å². The van der Waals surface area contributed by atoms with Crippen LogP contribution in [0.3, 0.4) is 0 Å². The molecule has 0 amide bonds. The maximum atomic E-state index is 10.0. The summed E-state index contributed by atoms with van der Waals surface area (Å²) < 4.78 is 1.39. The van der Waals surface area contributed by atoms with Crippen LogP contribution in [0.4, 0.5) is 0 Å². The van der Waals surface area contributed by atoms with Gasteiger partial charge in [0.25, 0.3) is 0 Å². The second kappa shape index (κ2) is 2.60. The predicted molar refractivity (Wildman–Crippen MR) is 44.0 cm³/mol. The quantitative estimate of drug-likeness (QED) is 0.576. The van der Waals surface area contributed by atoms with E-state index in [1.54, 1.807) is 5.94 Å². The third-order valence-electron chi connectivity index (χ3n) is 1.55. The molecule has 0 saturated heterocycles. The van der Waals surface area contributed by atoms with Crippen molar-refractivity contribution in [3.8, 4) is 0 Å². The van der Waals surface area contributed by atoms with Gasteiger partial charge in [-0.1, -0.05) is 17.3 Å². The van der Waals surface area contributed by atoms with Crippen molar-refractivity contribution in [2.45, 2.75) is 0 Å². The molecule has 2 aromatic rings. The summed E-state index contributed by atoms with van der Waals surface area (Å²) >= 11 is 0. The van der Waals surface area contributed by atoms with Gasteiger partial charge in [0.15, 0.2) is 0 Å². The number of para-hydroxylation sites is 1. The van der Waals surface area contributed by atoms with E-state index in [1.807, 2.05) is 24.3 Å². The Bertz CT molecular complexity index is 454. The van der Waals surface area contributed by atoms with Crippen molar-refractivity contribution in [3.63, 3.8) is 0 Å². The second-order valence-corrected chi connectivity index (χ2v) is 2.27. The lowest BCUT2D eigenvalue weighted by Crippen LogP contribution is -1.87. The Labute approximate surface area is 68.1 Å². The third kappa shape index (κ3) is 0.909. The van der Waals surface area contributed by atoms with E-state index in [-0.39, 0.29) is 0 Å². The van der Waals surface area contributed by atoms with Crippen LogP contribution in [0.15, 0.2) is 24.3 Å². The number of rotatable bonds is 1. The predicted octanol–water partition coefficient (Wildman–Crippen LogP) is 0.734. The number of fused-ring (bicyclic) bond motifs is 1. The Morgan fingerprint density at radius 1 is 1.42 bits per heavy atom. The SMILES string of the molecule is O=C=Cn1nnc2ccccc21. The molecule has 1 aromatic heterocycles. The van der Waals surface area contributed by atoms with Crippen LogP contribution in [-0.2, 0) is 4.79 Å². The summed E-state index contributed by atoms with van der Waals surface area (Å²) in [5.74, 6) is 1.65. The molecule has 0 unspecified atom stereocenters. The van der Waals surface area contributed by atoms with Gasteiger partial charge in [0, 0.05) is 0 Å². The summed E-state index contributed by atoms with van der Waals surface area (Å²) in [7, 11) is 0. The van der Waals surface area contributed by atoms with Crippen molar-refractivity contribution in [1.82, 2.24) is 15.0 Å². The highest BCUT2D eigenvalue weighted by molar-refractivity contribution is 5.78. The summed E-state index contributed by atoms with van der Waals surface area (Å²) in [5, 5.41) is 7.57. The molecule has 4 nitrogen and oxygen atoms in total. The molecule has 0 N–H and O–H groups in total. The number of benzene rings is 1. The monoisotopic (exact) mass is 159 g/mol. The summed E-state index contributed by atoms with van der Waals surface area (Å²) in [4.78, 5) is 10.0. The maximum absolute atomic E-state index is 10.0. The van der Waals surface area contributed by atoms with E-state index in [0.29, 0.717) is 0 Å². The number of nitrogens with zero attached hydrogens (tertiary/aromatic N) is 3. The van der Waals surface area contributed by atoms with Crippen LogP contribution in [0.5, 0.6) is 0 Å². The van der Waals surface area contributed by atoms with E-state index in [9.17, 15) is 4.79 Å². The zero-order valence-electron chi connectivity index (χ0n) is 6.14. The molecule has 0 spiro atoms. The van der Waals surface area contributed by atoms with Crippen molar-refractivity contribution in [1.29, 1.82) is 0 Å². The molecule has 0 bridgehead atoms. The number of hydrogen-bond acceptors (Lipinski definition) is 3. The van der Waals surface area contributed by atoms with E-state index in [2.05, 4.69) is 10.3 Å². The molecular weight excluding hydrogens is 154 g/mol. The molecule has 0 aliphatic carbocycles. The lowest BCUT2D eigenvalue weighted by atomic mass is 10.3. The van der Waals surface area contributed by atoms with Crippen LogP contribution < -0.4 is 0 Å². The Balaban J connectivity index is 2.78. The molecule has 0 aliphatic heterocycles. The summed E-state index contributed by atoms with van der Waals surface area (Å²) in [6.07, 6.45) is 1.20. The molecule has 0 aliphatic rings. The van der Waals surface area contributed by atoms with Crippen molar-refractivity contribution in [2.24, 2.45) is 0 Å². The van der Waals surface area contributed by atoms with Crippen molar-refractivity contribution < 1.29 is 4.79 Å². The molecule has 0 radical (unpaired) electrons. The molecule has 2 rings (SSSR count). The smallest absolute Gasteiger partial charge is 0.144 e. The van der Waals surface area contributed by atoms with Crippen LogP contribution in [0.25, 0.3) is 17.2 Å². The largest absolute Gasteiger partial charge is 0.232 e. The topological polar surface area (TPSA) is 47.8 Å². The van der Waals surface area contributed by atoms with E-state index < -0.39 is 0 Å². The Kier molecular flexibility index (Phi) is 1.47. The fraction of sp³-hybridized carbons (Fsp3) is 0. The first-order valence-corrected chi connectivity index (χ1v) is 3.43. The highest BCUT2D eigenvalue weighted by Crippen LogP contribution is 2.08. The summed E-state index contributed by atoms with van der Waals surface area (Å²) in [6.45, 7) is 0. The van der Waals surface area contributed by atoms with Gasteiger partial charge in [0.2, 0.25) is 0 Å². The second-order valence-electron chi connectivity index (χ2n) is 2.27. The van der Waals surface area contributed by atoms with E-state index >= 15 is 0 Å². The Hall–Kier alpha value is -1.93. The fourth-order valence-electron chi connectivity index (χ4n) is 1.03. The number of carbonyl (C=O) groups excluding carboxylic acids is 1. The average molecular weight is 159 g/mol. The zero-order valence-corrected chi connectivity index (χ0v) is 6.14. The standard InChI is InChI=1S/C8H5N3O/c12-6-5-11-8-4-2-1-3-7(8)9-10-11/h1-5H. The van der Waals surface area contributed by atoms with Crippen molar-refractivity contribution in [3.05, 3.63) is 24.3 Å². The van der Waals surface area contributed by atoms with Gasteiger partial charge in [-0.25, -0.2) is 9.48 Å². The third-order valence-corrected chi connectivity index (χ3v) is 1.55. The minimum Gasteiger partial charge on any atom is -0.232 e. The van der Waals surface area contributed by atoms with Gasteiger partial charge in [-0.3, -0.25) is 0 Å². The zero-order chi connectivity index (χ0) is 8.39. The van der Waals surface area contributed by atoms with Crippen LogP contribution in [0.2, 0.25) is 0 Å². The first-order chi connectivity index (χ1) is 5.92. The average Bonchev–Trinajstić information content (AvgIpc) is 2.50. The first-order valence-electron chi connectivity index (χ1n) is 3.43. The molecule has 1 heterocycles. The van der Waals surface area contributed by atoms with E-state index in [4.69, 9.17) is 0 Å². The molecule has 58 valence electrons. The fourth-order valence-corrected chi connectivity index (χ4v) is 1.03. The molecule has 0 saturated carbocycles. The maximum Gasteiger partial charge on any atom is 0.144 e. The van der Waals surface area contributed by atoms with Gasteiger partial charge < -0.3 is 0 Å². The number of hydrogen-bond donors (Lipinski definition) is 0. The van der Waals surface area contributed by atoms with Gasteiger partial charge >= 0.3 is 0 Å². The normalized spacial score (nSPS) is 9.67. The molecule has 0 atom stereocenters. The van der Waals surface area contributed by atoms with Gasteiger partial charge in [0.1, 0.15) is 17.7 Å². The number of aromatic nitrogens is 3. The van der Waals surface area contributed by atoms with E-state index in [1.165, 1.54) is 10.9 Å². The highest BCUT2D eigenvalue weighted by atomic mass is 16.1. The van der Waals surface area contributed by atoms with E-state index in [0.717, 1.165) is 11.0 Å². The van der Waals surface area contributed by atoms with Crippen LogP contribution >= 0.6 is 0 Å². The van der Waals surface area contributed by atoms with Crippen molar-refractivity contribution >= 4 is 23.2 Å². The Morgan fingerprint density at radius 2 is 2.25 bits per heavy atom. The molecule has 1 aromatic carbocycles.